The van der Waals surface area contributed by atoms with Crippen LogP contribution in [-0.2, 0) is 6.18 Å². The molecule has 3 saturated heterocycles. The Kier molecular flexibility index (Phi) is 10.0. The second-order valence-corrected chi connectivity index (χ2v) is 14.9. The number of aromatic nitrogens is 3. The molecule has 7 rings (SSSR count). The lowest BCUT2D eigenvalue weighted by molar-refractivity contribution is -0.137. The van der Waals surface area contributed by atoms with Gasteiger partial charge in [-0.2, -0.15) is 28.4 Å². The van der Waals surface area contributed by atoms with Gasteiger partial charge in [0.05, 0.1) is 44.9 Å². The maximum atomic E-state index is 17.2. The van der Waals surface area contributed by atoms with Gasteiger partial charge in [0.25, 0.3) is 0 Å². The van der Waals surface area contributed by atoms with Crippen LogP contribution in [0.2, 0.25) is 5.02 Å². The van der Waals surface area contributed by atoms with Crippen LogP contribution in [0.4, 0.5) is 33.6 Å². The lowest BCUT2D eigenvalue weighted by atomic mass is 9.93. The molecule has 0 radical (unpaired) electrons. The fourth-order valence-electron chi connectivity index (χ4n) is 8.85. The molecule has 0 aliphatic carbocycles. The number of hydrogen-bond acceptors (Lipinski definition) is 10. The van der Waals surface area contributed by atoms with Crippen LogP contribution in [-0.4, -0.2) is 95.0 Å². The quantitative estimate of drug-likeness (QED) is 0.182. The van der Waals surface area contributed by atoms with Crippen LogP contribution in [0.25, 0.3) is 22.2 Å². The Balaban J connectivity index is 1.41. The highest BCUT2D eigenvalue weighted by molar-refractivity contribution is 6.36. The van der Waals surface area contributed by atoms with E-state index in [1.165, 1.54) is 6.92 Å². The Morgan fingerprint density at radius 2 is 2.00 bits per heavy atom. The van der Waals surface area contributed by atoms with Crippen LogP contribution >= 0.6 is 11.6 Å². The summed E-state index contributed by atoms with van der Waals surface area (Å²) in [7, 11) is 0. The van der Waals surface area contributed by atoms with Gasteiger partial charge in [0.15, 0.2) is 11.6 Å². The zero-order valence-electron chi connectivity index (χ0n) is 29.2. The highest BCUT2D eigenvalue weighted by atomic mass is 35.5. The minimum atomic E-state index is -4.92. The number of nitrogens with two attached hydrogens (primary N) is 1. The van der Waals surface area contributed by atoms with Gasteiger partial charge >= 0.3 is 12.2 Å². The SMILES string of the molecule is CCC[C@@H]1CN(CCCC#N)CCN2c3nc(OC[C@@]45CCCN4C[C@H](F)C5)nc4c(F)c(-c5nc(N)cc(C)c5C(F)(F)F)c(Cl)c(c34)OC[C@H]12. The molecular weight excluding hydrogens is 707 g/mol. The zero-order chi connectivity index (χ0) is 36.9. The van der Waals surface area contributed by atoms with E-state index in [0.717, 1.165) is 51.4 Å². The molecule has 4 aliphatic heterocycles. The van der Waals surface area contributed by atoms with Crippen molar-refractivity contribution in [1.29, 1.82) is 5.26 Å². The van der Waals surface area contributed by atoms with Gasteiger partial charge < -0.3 is 25.0 Å². The predicted molar refractivity (Wildman–Crippen MR) is 187 cm³/mol. The van der Waals surface area contributed by atoms with Crippen molar-refractivity contribution in [2.24, 2.45) is 5.92 Å². The number of nitrogens with zero attached hydrogens (tertiary/aromatic N) is 7. The molecule has 0 saturated carbocycles. The van der Waals surface area contributed by atoms with E-state index in [4.69, 9.17) is 37.1 Å². The molecule has 4 atom stereocenters. The topological polar surface area (TPSA) is 117 Å². The number of halogens is 6. The van der Waals surface area contributed by atoms with Crippen molar-refractivity contribution in [2.45, 2.75) is 82.7 Å². The fraction of sp³-hybridized carbons (Fsp3) is 0.611. The van der Waals surface area contributed by atoms with Crippen molar-refractivity contribution >= 4 is 34.1 Å². The number of rotatable bonds is 9. The standard InChI is InChI=1S/C36H42ClF5N8O2/c1-3-7-21-16-48(10-5-4-9-43)12-13-50-23(21)18-51-32-26-31(29(39)25(28(32)37)30-27(36(40,41)42)20(2)14-24(44)45-30)46-34(47-33(26)50)52-19-35-8-6-11-49(35)17-22(38)15-35/h14,21-23H,3-8,10-13,15-19H2,1-2H3,(H2,44,45)/t21-,22-,23-,35+/m1/s1. The van der Waals surface area contributed by atoms with Crippen molar-refractivity contribution < 1.29 is 31.4 Å². The summed E-state index contributed by atoms with van der Waals surface area (Å²) in [6.07, 6.45) is -1.19. The van der Waals surface area contributed by atoms with E-state index in [1.807, 2.05) is 0 Å². The molecule has 2 N–H and O–H groups in total. The lowest BCUT2D eigenvalue weighted by Gasteiger charge is -2.34. The minimum absolute atomic E-state index is 0.0459. The first-order chi connectivity index (χ1) is 24.8. The molecule has 4 aliphatic rings. The fourth-order valence-corrected chi connectivity index (χ4v) is 9.17. The number of ether oxygens (including phenoxy) is 2. The van der Waals surface area contributed by atoms with Crippen molar-refractivity contribution in [3.63, 3.8) is 0 Å². The number of benzene rings is 1. The highest BCUT2D eigenvalue weighted by Gasteiger charge is 2.50. The summed E-state index contributed by atoms with van der Waals surface area (Å²) in [6, 6.07) is 2.83. The molecule has 0 bridgehead atoms. The summed E-state index contributed by atoms with van der Waals surface area (Å²) in [6.45, 7) is 7.03. The molecule has 6 heterocycles. The van der Waals surface area contributed by atoms with Crippen LogP contribution < -0.4 is 20.1 Å². The summed E-state index contributed by atoms with van der Waals surface area (Å²) in [5.74, 6) is -1.08. The lowest BCUT2D eigenvalue weighted by Crippen LogP contribution is -2.45. The molecule has 52 heavy (non-hydrogen) atoms. The number of unbranched alkanes of at least 4 members (excludes halogenated alkanes) is 1. The number of anilines is 2. The van der Waals surface area contributed by atoms with Gasteiger partial charge in [-0.15, -0.1) is 0 Å². The summed E-state index contributed by atoms with van der Waals surface area (Å²) in [5.41, 5.74) is 2.22. The Morgan fingerprint density at radius 1 is 1.19 bits per heavy atom. The third-order valence-electron chi connectivity index (χ3n) is 11.1. The summed E-state index contributed by atoms with van der Waals surface area (Å²) >= 11 is 6.92. The average Bonchev–Trinajstić information content (AvgIpc) is 3.47. The minimum Gasteiger partial charge on any atom is -0.489 e. The maximum Gasteiger partial charge on any atom is 0.418 e. The molecule has 16 heteroatoms. The first-order valence-electron chi connectivity index (χ1n) is 17.9. The highest BCUT2D eigenvalue weighted by Crippen LogP contribution is 2.51. The maximum absolute atomic E-state index is 17.2. The third-order valence-corrected chi connectivity index (χ3v) is 11.5. The molecule has 0 spiro atoms. The van der Waals surface area contributed by atoms with E-state index >= 15 is 4.39 Å². The van der Waals surface area contributed by atoms with Crippen LogP contribution in [0.1, 0.15) is 63.0 Å². The van der Waals surface area contributed by atoms with E-state index in [-0.39, 0.29) is 65.6 Å². The van der Waals surface area contributed by atoms with Gasteiger partial charge in [0.2, 0.25) is 0 Å². The number of pyridine rings is 1. The van der Waals surface area contributed by atoms with Crippen LogP contribution in [0.15, 0.2) is 6.07 Å². The Morgan fingerprint density at radius 3 is 2.75 bits per heavy atom. The van der Waals surface area contributed by atoms with Crippen LogP contribution in [0.3, 0.4) is 0 Å². The van der Waals surface area contributed by atoms with Gasteiger partial charge in [-0.25, -0.2) is 13.8 Å². The van der Waals surface area contributed by atoms with Gasteiger partial charge in [-0.1, -0.05) is 24.9 Å². The summed E-state index contributed by atoms with van der Waals surface area (Å²) in [5, 5.41) is 8.86. The number of fused-ring (bicyclic) bond motifs is 3. The molecule has 1 aromatic carbocycles. The molecule has 280 valence electrons. The molecule has 3 aromatic rings. The molecule has 3 fully saturated rings. The van der Waals surface area contributed by atoms with E-state index in [1.54, 1.807) is 0 Å². The van der Waals surface area contributed by atoms with Crippen molar-refractivity contribution in [2.75, 3.05) is 63.1 Å². The predicted octanol–water partition coefficient (Wildman–Crippen LogP) is 6.95. The van der Waals surface area contributed by atoms with Crippen LogP contribution in [0, 0.1) is 30.0 Å². The normalized spacial score (nSPS) is 25.0. The molecule has 10 nitrogen and oxygen atoms in total. The zero-order valence-corrected chi connectivity index (χ0v) is 30.0. The number of alkyl halides is 4. The number of aryl methyl sites for hydroxylation is 1. The number of nitriles is 1. The molecular formula is C36H42ClF5N8O2. The second kappa shape index (κ2) is 14.2. The number of hydrogen-bond donors (Lipinski definition) is 1. The number of nitrogen functional groups attached to an aromatic ring is 1. The Bertz CT molecular complexity index is 1890. The van der Waals surface area contributed by atoms with Gasteiger partial charge in [0.1, 0.15) is 36.5 Å². The van der Waals surface area contributed by atoms with Gasteiger partial charge in [-0.3, -0.25) is 4.90 Å². The van der Waals surface area contributed by atoms with E-state index in [0.29, 0.717) is 38.3 Å². The van der Waals surface area contributed by atoms with E-state index < -0.39 is 45.5 Å². The third kappa shape index (κ3) is 6.55. The van der Waals surface area contributed by atoms with E-state index in [2.05, 4.69) is 37.7 Å². The van der Waals surface area contributed by atoms with E-state index in [9.17, 15) is 17.6 Å². The van der Waals surface area contributed by atoms with Gasteiger partial charge in [0, 0.05) is 39.0 Å². The largest absolute Gasteiger partial charge is 0.489 e. The van der Waals surface area contributed by atoms with Crippen molar-refractivity contribution in [1.82, 2.24) is 24.8 Å². The molecule has 0 unspecified atom stereocenters. The molecule has 0 amide bonds. The smallest absolute Gasteiger partial charge is 0.418 e. The van der Waals surface area contributed by atoms with Crippen molar-refractivity contribution in [3.8, 4) is 29.1 Å². The van der Waals surface area contributed by atoms with Gasteiger partial charge in [-0.05, 0) is 63.2 Å². The summed E-state index contributed by atoms with van der Waals surface area (Å²) in [4.78, 5) is 19.8. The first kappa shape index (κ1) is 36.6. The average molecular weight is 749 g/mol. The first-order valence-corrected chi connectivity index (χ1v) is 18.3. The Hall–Kier alpha value is -3.74. The van der Waals surface area contributed by atoms with Crippen molar-refractivity contribution in [3.05, 3.63) is 28.0 Å². The molecule has 2 aromatic heterocycles. The summed E-state index contributed by atoms with van der Waals surface area (Å²) < 4.78 is 88.2. The monoisotopic (exact) mass is 748 g/mol. The second-order valence-electron chi connectivity index (χ2n) is 14.5. The Labute approximate surface area is 304 Å². The van der Waals surface area contributed by atoms with Crippen LogP contribution in [0.5, 0.6) is 11.8 Å².